The lowest BCUT2D eigenvalue weighted by Gasteiger charge is -2.34. The van der Waals surface area contributed by atoms with Crippen molar-refractivity contribution >= 4 is 5.91 Å². The largest absolute Gasteiger partial charge is 0.351 e. The van der Waals surface area contributed by atoms with E-state index in [2.05, 4.69) is 53.2 Å². The van der Waals surface area contributed by atoms with Crippen LogP contribution >= 0.6 is 0 Å². The number of rotatable bonds is 8. The second-order valence-corrected chi connectivity index (χ2v) is 6.98. The van der Waals surface area contributed by atoms with Crippen LogP contribution in [-0.4, -0.2) is 80.5 Å². The van der Waals surface area contributed by atoms with Crippen LogP contribution in [0.1, 0.15) is 17.5 Å². The SMILES string of the molecule is Cc1ccccc1CNC(=O)CN1CCN(CCCN(C)C)CC1. The van der Waals surface area contributed by atoms with Gasteiger partial charge in [-0.05, 0) is 51.7 Å². The highest BCUT2D eigenvalue weighted by atomic mass is 16.2. The van der Waals surface area contributed by atoms with Gasteiger partial charge in [0.2, 0.25) is 5.91 Å². The number of nitrogens with one attached hydrogen (secondary N) is 1. The molecule has 0 saturated carbocycles. The third kappa shape index (κ3) is 6.59. The van der Waals surface area contributed by atoms with Crippen molar-refractivity contribution in [2.75, 3.05) is 59.9 Å². The molecule has 0 unspecified atom stereocenters. The van der Waals surface area contributed by atoms with Gasteiger partial charge >= 0.3 is 0 Å². The lowest BCUT2D eigenvalue weighted by atomic mass is 10.1. The smallest absolute Gasteiger partial charge is 0.234 e. The Morgan fingerprint density at radius 2 is 1.79 bits per heavy atom. The average molecular weight is 332 g/mol. The molecule has 5 nitrogen and oxygen atoms in total. The molecule has 134 valence electrons. The molecule has 1 heterocycles. The minimum Gasteiger partial charge on any atom is -0.351 e. The first-order valence-electron chi connectivity index (χ1n) is 8.95. The monoisotopic (exact) mass is 332 g/mol. The van der Waals surface area contributed by atoms with E-state index < -0.39 is 0 Å². The molecule has 1 aromatic rings. The first kappa shape index (κ1) is 18.9. The first-order chi connectivity index (χ1) is 11.5. The Kier molecular flexibility index (Phi) is 7.69. The van der Waals surface area contributed by atoms with E-state index in [0.717, 1.165) is 39.3 Å². The number of carbonyl (C=O) groups is 1. The maximum atomic E-state index is 12.2. The zero-order valence-corrected chi connectivity index (χ0v) is 15.4. The maximum Gasteiger partial charge on any atom is 0.234 e. The second kappa shape index (κ2) is 9.77. The Hall–Kier alpha value is -1.43. The van der Waals surface area contributed by atoms with Gasteiger partial charge in [0.05, 0.1) is 6.54 Å². The standard InChI is InChI=1S/C19H32N4O/c1-17-7-4-5-8-18(17)15-20-19(24)16-23-13-11-22(12-14-23)10-6-9-21(2)3/h4-5,7-8H,6,9-16H2,1-3H3,(H,20,24). The maximum absolute atomic E-state index is 12.2. The molecule has 0 atom stereocenters. The number of aryl methyl sites for hydroxylation is 1. The van der Waals surface area contributed by atoms with Crippen LogP contribution in [0, 0.1) is 6.92 Å². The fraction of sp³-hybridized carbons (Fsp3) is 0.632. The Morgan fingerprint density at radius 1 is 1.12 bits per heavy atom. The number of hydrogen-bond acceptors (Lipinski definition) is 4. The van der Waals surface area contributed by atoms with E-state index in [0.29, 0.717) is 13.1 Å². The third-order valence-corrected chi connectivity index (χ3v) is 4.65. The topological polar surface area (TPSA) is 38.8 Å². The fourth-order valence-electron chi connectivity index (χ4n) is 3.04. The molecule has 0 aliphatic carbocycles. The minimum absolute atomic E-state index is 0.124. The van der Waals surface area contributed by atoms with E-state index in [1.165, 1.54) is 17.5 Å². The summed E-state index contributed by atoms with van der Waals surface area (Å²) in [5.41, 5.74) is 2.42. The van der Waals surface area contributed by atoms with Crippen molar-refractivity contribution in [1.29, 1.82) is 0 Å². The molecule has 1 N–H and O–H groups in total. The Labute approximate surface area is 146 Å². The Morgan fingerprint density at radius 3 is 2.46 bits per heavy atom. The molecule has 1 saturated heterocycles. The van der Waals surface area contributed by atoms with Crippen molar-refractivity contribution < 1.29 is 4.79 Å². The Balaban J connectivity index is 1.63. The van der Waals surface area contributed by atoms with Crippen LogP contribution in [0.3, 0.4) is 0 Å². The lowest BCUT2D eigenvalue weighted by Crippen LogP contribution is -2.49. The molecule has 5 heteroatoms. The van der Waals surface area contributed by atoms with E-state index in [4.69, 9.17) is 0 Å². The normalized spacial score (nSPS) is 16.5. The predicted octanol–water partition coefficient (Wildman–Crippen LogP) is 1.18. The summed E-state index contributed by atoms with van der Waals surface area (Å²) in [5.74, 6) is 0.124. The van der Waals surface area contributed by atoms with Crippen LogP contribution in [0.25, 0.3) is 0 Å². The summed E-state index contributed by atoms with van der Waals surface area (Å²) < 4.78 is 0. The third-order valence-electron chi connectivity index (χ3n) is 4.65. The Bertz CT molecular complexity index is 510. The first-order valence-corrected chi connectivity index (χ1v) is 8.95. The molecular weight excluding hydrogens is 300 g/mol. The molecule has 0 bridgehead atoms. The van der Waals surface area contributed by atoms with Crippen LogP contribution < -0.4 is 5.32 Å². The van der Waals surface area contributed by atoms with Gasteiger partial charge < -0.3 is 15.1 Å². The van der Waals surface area contributed by atoms with Crippen LogP contribution in [0.5, 0.6) is 0 Å². The zero-order chi connectivity index (χ0) is 17.4. The summed E-state index contributed by atoms with van der Waals surface area (Å²) in [6.07, 6.45) is 1.21. The molecule has 1 aliphatic rings. The van der Waals surface area contributed by atoms with Gasteiger partial charge in [0.15, 0.2) is 0 Å². The molecule has 1 amide bonds. The van der Waals surface area contributed by atoms with Crippen LogP contribution in [0.4, 0.5) is 0 Å². The molecular formula is C19H32N4O. The number of hydrogen-bond donors (Lipinski definition) is 1. The molecule has 0 radical (unpaired) electrons. The van der Waals surface area contributed by atoms with E-state index in [1.54, 1.807) is 0 Å². The van der Waals surface area contributed by atoms with Crippen molar-refractivity contribution in [3.05, 3.63) is 35.4 Å². The highest BCUT2D eigenvalue weighted by Crippen LogP contribution is 2.06. The zero-order valence-electron chi connectivity index (χ0n) is 15.4. The highest BCUT2D eigenvalue weighted by Gasteiger charge is 2.18. The van der Waals surface area contributed by atoms with Gasteiger partial charge in [-0.2, -0.15) is 0 Å². The van der Waals surface area contributed by atoms with Gasteiger partial charge in [-0.3, -0.25) is 9.69 Å². The fourth-order valence-corrected chi connectivity index (χ4v) is 3.04. The second-order valence-electron chi connectivity index (χ2n) is 6.98. The van der Waals surface area contributed by atoms with E-state index in [-0.39, 0.29) is 5.91 Å². The highest BCUT2D eigenvalue weighted by molar-refractivity contribution is 5.78. The molecule has 2 rings (SSSR count). The average Bonchev–Trinajstić information content (AvgIpc) is 2.55. The van der Waals surface area contributed by atoms with E-state index >= 15 is 0 Å². The minimum atomic E-state index is 0.124. The molecule has 0 spiro atoms. The van der Waals surface area contributed by atoms with Crippen LogP contribution in [0.15, 0.2) is 24.3 Å². The van der Waals surface area contributed by atoms with Crippen molar-refractivity contribution in [3.63, 3.8) is 0 Å². The predicted molar refractivity (Wildman–Crippen MR) is 99.1 cm³/mol. The van der Waals surface area contributed by atoms with Crippen LogP contribution in [0.2, 0.25) is 0 Å². The number of nitrogens with zero attached hydrogens (tertiary/aromatic N) is 3. The summed E-state index contributed by atoms with van der Waals surface area (Å²) in [4.78, 5) is 19.1. The molecule has 1 aromatic carbocycles. The molecule has 0 aromatic heterocycles. The summed E-state index contributed by atoms with van der Waals surface area (Å²) in [6, 6.07) is 8.20. The van der Waals surface area contributed by atoms with E-state index in [9.17, 15) is 4.79 Å². The van der Waals surface area contributed by atoms with Crippen molar-refractivity contribution in [3.8, 4) is 0 Å². The summed E-state index contributed by atoms with van der Waals surface area (Å²) in [7, 11) is 4.24. The van der Waals surface area contributed by atoms with Crippen LogP contribution in [-0.2, 0) is 11.3 Å². The molecule has 1 aliphatic heterocycles. The van der Waals surface area contributed by atoms with Gasteiger partial charge in [0.1, 0.15) is 0 Å². The van der Waals surface area contributed by atoms with Crippen molar-refractivity contribution in [2.24, 2.45) is 0 Å². The quantitative estimate of drug-likeness (QED) is 0.776. The summed E-state index contributed by atoms with van der Waals surface area (Å²) >= 11 is 0. The number of piperazine rings is 1. The number of carbonyl (C=O) groups excluding carboxylic acids is 1. The van der Waals surface area contributed by atoms with Gasteiger partial charge in [0.25, 0.3) is 0 Å². The van der Waals surface area contributed by atoms with Gasteiger partial charge in [-0.25, -0.2) is 0 Å². The van der Waals surface area contributed by atoms with Gasteiger partial charge in [-0.1, -0.05) is 24.3 Å². The molecule has 1 fully saturated rings. The molecule has 24 heavy (non-hydrogen) atoms. The van der Waals surface area contributed by atoms with Crippen molar-refractivity contribution in [2.45, 2.75) is 19.9 Å². The van der Waals surface area contributed by atoms with Crippen molar-refractivity contribution in [1.82, 2.24) is 20.0 Å². The van der Waals surface area contributed by atoms with E-state index in [1.807, 2.05) is 12.1 Å². The summed E-state index contributed by atoms with van der Waals surface area (Å²) in [5, 5.41) is 3.05. The lowest BCUT2D eigenvalue weighted by molar-refractivity contribution is -0.122. The van der Waals surface area contributed by atoms with Gasteiger partial charge in [0, 0.05) is 32.7 Å². The number of benzene rings is 1. The van der Waals surface area contributed by atoms with Gasteiger partial charge in [-0.15, -0.1) is 0 Å². The number of amides is 1. The summed E-state index contributed by atoms with van der Waals surface area (Å²) in [6.45, 7) is 9.62.